The summed E-state index contributed by atoms with van der Waals surface area (Å²) in [7, 11) is 0. The van der Waals surface area contributed by atoms with Crippen molar-refractivity contribution in [3.63, 3.8) is 0 Å². The number of benzene rings is 2. The molecule has 2 aromatic carbocycles. The van der Waals surface area contributed by atoms with Crippen LogP contribution < -0.4 is 16.5 Å². The lowest BCUT2D eigenvalue weighted by Crippen LogP contribution is -2.50. The molecular formula is C20H16N4O5. The fourth-order valence-corrected chi connectivity index (χ4v) is 2.16. The van der Waals surface area contributed by atoms with E-state index in [2.05, 4.69) is 29.0 Å². The van der Waals surface area contributed by atoms with Crippen molar-refractivity contribution >= 4 is 17.5 Å². The van der Waals surface area contributed by atoms with Crippen LogP contribution in [-0.2, 0) is 4.79 Å². The van der Waals surface area contributed by atoms with Crippen molar-refractivity contribution in [2.75, 3.05) is 6.54 Å². The highest BCUT2D eigenvalue weighted by Gasteiger charge is 2.19. The minimum absolute atomic E-state index is 0.0491. The number of rotatable bonds is 5. The fraction of sp³-hybridized carbons (Fsp3) is 0.100. The van der Waals surface area contributed by atoms with Gasteiger partial charge in [-0.25, -0.2) is 5.48 Å². The number of nitro groups is 1. The topological polar surface area (TPSA) is 148 Å². The molecule has 9 nitrogen and oxygen atoms in total. The van der Waals surface area contributed by atoms with E-state index < -0.39 is 22.8 Å². The molecule has 0 radical (unpaired) electrons. The Balaban J connectivity index is 2.04. The first-order chi connectivity index (χ1) is 13.9. The molecule has 9 heteroatoms. The lowest BCUT2D eigenvalue weighted by Gasteiger charge is -2.14. The largest absolute Gasteiger partial charge is 0.339 e. The summed E-state index contributed by atoms with van der Waals surface area (Å²) in [6, 6.07) is 11.1. The maximum Gasteiger partial charge on any atom is 0.270 e. The second kappa shape index (κ2) is 10.2. The van der Waals surface area contributed by atoms with Crippen LogP contribution in [0.4, 0.5) is 5.69 Å². The lowest BCUT2D eigenvalue weighted by atomic mass is 10.1. The molecule has 5 N–H and O–H groups in total. The van der Waals surface area contributed by atoms with Crippen LogP contribution in [0.25, 0.3) is 0 Å². The molecule has 2 aromatic rings. The molecule has 2 amide bonds. The van der Waals surface area contributed by atoms with E-state index in [4.69, 9.17) is 10.9 Å². The third-order valence-electron chi connectivity index (χ3n) is 3.65. The molecule has 0 fully saturated rings. The molecule has 0 bridgehead atoms. The maximum absolute atomic E-state index is 12.1. The number of nitrogens with two attached hydrogens (primary N) is 1. The Morgan fingerprint density at radius 1 is 1.10 bits per heavy atom. The highest BCUT2D eigenvalue weighted by Crippen LogP contribution is 2.11. The summed E-state index contributed by atoms with van der Waals surface area (Å²) >= 11 is 0. The van der Waals surface area contributed by atoms with Gasteiger partial charge in [0.2, 0.25) is 0 Å². The Kier molecular flexibility index (Phi) is 7.45. The van der Waals surface area contributed by atoms with Crippen LogP contribution in [0.2, 0.25) is 0 Å². The molecule has 0 aliphatic heterocycles. The van der Waals surface area contributed by atoms with Crippen molar-refractivity contribution in [3.05, 3.63) is 75.3 Å². The van der Waals surface area contributed by atoms with Gasteiger partial charge in [0, 0.05) is 35.4 Å². The number of carbonyl (C=O) groups is 2. The summed E-state index contributed by atoms with van der Waals surface area (Å²) in [5.41, 5.74) is 8.12. The van der Waals surface area contributed by atoms with E-state index in [1.54, 1.807) is 24.3 Å². The van der Waals surface area contributed by atoms with Crippen LogP contribution in [0.3, 0.4) is 0 Å². The molecule has 0 spiro atoms. The Hall–Kier alpha value is -4.18. The molecule has 1 unspecified atom stereocenters. The third-order valence-corrected chi connectivity index (χ3v) is 3.65. The Morgan fingerprint density at radius 2 is 1.76 bits per heavy atom. The van der Waals surface area contributed by atoms with Gasteiger partial charge in [-0.05, 0) is 42.2 Å². The van der Waals surface area contributed by atoms with Crippen molar-refractivity contribution < 1.29 is 19.7 Å². The van der Waals surface area contributed by atoms with Gasteiger partial charge in [0.25, 0.3) is 17.5 Å². The first-order valence-corrected chi connectivity index (χ1v) is 8.26. The van der Waals surface area contributed by atoms with Crippen molar-refractivity contribution in [3.8, 4) is 23.7 Å². The van der Waals surface area contributed by atoms with Crippen LogP contribution in [0.5, 0.6) is 0 Å². The highest BCUT2D eigenvalue weighted by molar-refractivity contribution is 5.97. The molecular weight excluding hydrogens is 376 g/mol. The highest BCUT2D eigenvalue weighted by atomic mass is 16.6. The van der Waals surface area contributed by atoms with Gasteiger partial charge in [-0.15, -0.1) is 0 Å². The number of amides is 2. The molecule has 0 aromatic heterocycles. The Bertz CT molecular complexity index is 1040. The van der Waals surface area contributed by atoms with Crippen molar-refractivity contribution in [2.24, 2.45) is 5.73 Å². The van der Waals surface area contributed by atoms with Crippen molar-refractivity contribution in [2.45, 2.75) is 6.04 Å². The predicted octanol–water partition coefficient (Wildman–Crippen LogP) is 0.560. The number of nitro benzene ring substituents is 1. The number of non-ortho nitro benzene ring substituents is 1. The molecule has 2 rings (SSSR count). The van der Waals surface area contributed by atoms with Gasteiger partial charge in [0.15, 0.2) is 0 Å². The van der Waals surface area contributed by atoms with Gasteiger partial charge in [-0.1, -0.05) is 17.9 Å². The molecule has 0 aliphatic rings. The smallest absolute Gasteiger partial charge is 0.270 e. The van der Waals surface area contributed by atoms with E-state index in [1.165, 1.54) is 29.7 Å². The van der Waals surface area contributed by atoms with Crippen LogP contribution in [0.1, 0.15) is 21.5 Å². The zero-order valence-corrected chi connectivity index (χ0v) is 15.0. The Morgan fingerprint density at radius 3 is 2.34 bits per heavy atom. The number of nitrogens with one attached hydrogen (secondary N) is 2. The Labute approximate surface area is 166 Å². The second-order valence-corrected chi connectivity index (χ2v) is 5.62. The average molecular weight is 392 g/mol. The standard InChI is InChI=1S/C20H16N4O5/c21-13-18(20(26)23-27)22-19(25)16-10-8-14(9-11-16)4-1-2-5-15-6-3-7-17(12-15)24(28)29/h3,6-12,18,27H,13,21H2,(H,22,25)(H,23,26). The van der Waals surface area contributed by atoms with Gasteiger partial charge in [0.1, 0.15) is 6.04 Å². The summed E-state index contributed by atoms with van der Waals surface area (Å²) in [5.74, 6) is 9.41. The summed E-state index contributed by atoms with van der Waals surface area (Å²) < 4.78 is 0. The second-order valence-electron chi connectivity index (χ2n) is 5.62. The molecule has 0 saturated heterocycles. The van der Waals surface area contributed by atoms with E-state index in [0.29, 0.717) is 11.1 Å². The minimum Gasteiger partial charge on any atom is -0.339 e. The van der Waals surface area contributed by atoms with Crippen LogP contribution >= 0.6 is 0 Å². The van der Waals surface area contributed by atoms with Crippen molar-refractivity contribution in [1.82, 2.24) is 10.8 Å². The van der Waals surface area contributed by atoms with Crippen LogP contribution in [0.15, 0.2) is 48.5 Å². The monoisotopic (exact) mass is 392 g/mol. The maximum atomic E-state index is 12.1. The molecule has 1 atom stereocenters. The van der Waals surface area contributed by atoms with Gasteiger partial charge in [0.05, 0.1) is 4.92 Å². The van der Waals surface area contributed by atoms with E-state index >= 15 is 0 Å². The summed E-state index contributed by atoms with van der Waals surface area (Å²) in [5, 5.41) is 21.7. The normalized spacial score (nSPS) is 10.4. The number of hydrogen-bond acceptors (Lipinski definition) is 6. The van der Waals surface area contributed by atoms with Crippen LogP contribution in [0, 0.1) is 33.8 Å². The van der Waals surface area contributed by atoms with Gasteiger partial charge < -0.3 is 11.1 Å². The first kappa shape index (κ1) is 21.1. The zero-order chi connectivity index (χ0) is 21.2. The average Bonchev–Trinajstić information content (AvgIpc) is 2.75. The quantitative estimate of drug-likeness (QED) is 0.253. The van der Waals surface area contributed by atoms with Gasteiger partial charge in [-0.3, -0.25) is 24.9 Å². The van der Waals surface area contributed by atoms with Gasteiger partial charge in [-0.2, -0.15) is 0 Å². The van der Waals surface area contributed by atoms with E-state index in [1.807, 2.05) is 0 Å². The lowest BCUT2D eigenvalue weighted by molar-refractivity contribution is -0.384. The number of nitrogens with zero attached hydrogens (tertiary/aromatic N) is 1. The molecule has 29 heavy (non-hydrogen) atoms. The first-order valence-electron chi connectivity index (χ1n) is 8.26. The number of hydrogen-bond donors (Lipinski definition) is 4. The summed E-state index contributed by atoms with van der Waals surface area (Å²) in [6.07, 6.45) is 0. The van der Waals surface area contributed by atoms with Crippen molar-refractivity contribution in [1.29, 1.82) is 0 Å². The van der Waals surface area contributed by atoms with E-state index in [0.717, 1.165) is 0 Å². The summed E-state index contributed by atoms with van der Waals surface area (Å²) in [4.78, 5) is 33.7. The summed E-state index contributed by atoms with van der Waals surface area (Å²) in [6.45, 7) is -0.176. The number of hydroxylamine groups is 1. The predicted molar refractivity (Wildman–Crippen MR) is 104 cm³/mol. The fourth-order valence-electron chi connectivity index (χ4n) is 2.16. The van der Waals surface area contributed by atoms with Crippen LogP contribution in [-0.4, -0.2) is 34.5 Å². The van der Waals surface area contributed by atoms with E-state index in [9.17, 15) is 19.7 Å². The number of carbonyl (C=O) groups excluding carboxylic acids is 2. The van der Waals surface area contributed by atoms with Gasteiger partial charge >= 0.3 is 0 Å². The zero-order valence-electron chi connectivity index (χ0n) is 15.0. The van der Waals surface area contributed by atoms with E-state index in [-0.39, 0.29) is 17.8 Å². The SMILES string of the molecule is NCC(NC(=O)c1ccc(C#CC#Cc2cccc([N+](=O)[O-])c2)cc1)C(=O)NO. The molecule has 0 aliphatic carbocycles. The molecule has 0 heterocycles. The molecule has 146 valence electrons. The third kappa shape index (κ3) is 6.19. The minimum atomic E-state index is -1.06. The molecule has 0 saturated carbocycles.